The monoisotopic (exact) mass is 338 g/mol. The molecule has 0 bridgehead atoms. The summed E-state index contributed by atoms with van der Waals surface area (Å²) in [6.07, 6.45) is 5.45. The van der Waals surface area contributed by atoms with Crippen LogP contribution in [0.1, 0.15) is 36.7 Å². The Morgan fingerprint density at radius 3 is 2.48 bits per heavy atom. The molecule has 1 aromatic heterocycles. The van der Waals surface area contributed by atoms with Crippen molar-refractivity contribution in [2.24, 2.45) is 0 Å². The highest BCUT2D eigenvalue weighted by Crippen LogP contribution is 2.29. The van der Waals surface area contributed by atoms with E-state index >= 15 is 0 Å². The van der Waals surface area contributed by atoms with Gasteiger partial charge < -0.3 is 9.64 Å². The van der Waals surface area contributed by atoms with E-state index in [1.54, 1.807) is 0 Å². The quantitative estimate of drug-likeness (QED) is 0.861. The summed E-state index contributed by atoms with van der Waals surface area (Å²) in [6, 6.07) is 9.22. The highest BCUT2D eigenvalue weighted by Gasteiger charge is 2.23. The predicted octanol–water partition coefficient (Wildman–Crippen LogP) is 3.32. The zero-order valence-corrected chi connectivity index (χ0v) is 15.1. The Morgan fingerprint density at radius 1 is 1.08 bits per heavy atom. The molecule has 0 amide bonds. The average molecular weight is 338 g/mol. The Morgan fingerprint density at radius 2 is 1.80 bits per heavy atom. The summed E-state index contributed by atoms with van der Waals surface area (Å²) in [5.41, 5.74) is 3.82. The van der Waals surface area contributed by atoms with Crippen molar-refractivity contribution in [1.82, 2.24) is 19.7 Å². The normalized spacial score (nSPS) is 19.8. The number of nitrogens with zero attached hydrogens (tertiary/aromatic N) is 4. The SMILES string of the molecule is Cc1nc(-c2ccc(C3=CCOCC3)cc2)n(C2CCN(C)CC2)n1. The van der Waals surface area contributed by atoms with Crippen molar-refractivity contribution in [2.75, 3.05) is 33.4 Å². The summed E-state index contributed by atoms with van der Waals surface area (Å²) < 4.78 is 7.56. The van der Waals surface area contributed by atoms with Crippen molar-refractivity contribution in [1.29, 1.82) is 0 Å². The number of piperidine rings is 1. The highest BCUT2D eigenvalue weighted by atomic mass is 16.5. The molecule has 0 atom stereocenters. The van der Waals surface area contributed by atoms with Gasteiger partial charge in [0.1, 0.15) is 5.82 Å². The maximum Gasteiger partial charge on any atom is 0.158 e. The first-order valence-corrected chi connectivity index (χ1v) is 9.20. The summed E-state index contributed by atoms with van der Waals surface area (Å²) in [7, 11) is 2.19. The molecule has 2 aliphatic rings. The minimum Gasteiger partial charge on any atom is -0.377 e. The molecule has 25 heavy (non-hydrogen) atoms. The summed E-state index contributed by atoms with van der Waals surface area (Å²) >= 11 is 0. The molecule has 4 rings (SSSR count). The summed E-state index contributed by atoms with van der Waals surface area (Å²) in [4.78, 5) is 7.11. The second kappa shape index (κ2) is 7.10. The van der Waals surface area contributed by atoms with E-state index < -0.39 is 0 Å². The van der Waals surface area contributed by atoms with Gasteiger partial charge in [-0.3, -0.25) is 0 Å². The van der Waals surface area contributed by atoms with Crippen molar-refractivity contribution in [3.8, 4) is 11.4 Å². The first-order chi connectivity index (χ1) is 12.2. The van der Waals surface area contributed by atoms with Crippen molar-refractivity contribution in [3.63, 3.8) is 0 Å². The molecular formula is C20H26N4O. The van der Waals surface area contributed by atoms with Crippen LogP contribution in [0, 0.1) is 6.92 Å². The molecule has 1 fully saturated rings. The van der Waals surface area contributed by atoms with E-state index in [9.17, 15) is 0 Å². The lowest BCUT2D eigenvalue weighted by molar-refractivity contribution is 0.161. The third kappa shape index (κ3) is 3.53. The fourth-order valence-corrected chi connectivity index (χ4v) is 3.74. The standard InChI is InChI=1S/C20H26N4O/c1-15-21-20(24(22-15)19-7-11-23(2)12-8-19)18-5-3-16(4-6-18)17-9-13-25-14-10-17/h3-6,9,19H,7-8,10-14H2,1-2H3. The van der Waals surface area contributed by atoms with Gasteiger partial charge in [0.25, 0.3) is 0 Å². The average Bonchev–Trinajstić information content (AvgIpc) is 3.05. The second-order valence-corrected chi connectivity index (χ2v) is 7.09. The molecule has 0 aliphatic carbocycles. The van der Waals surface area contributed by atoms with Crippen molar-refractivity contribution in [3.05, 3.63) is 41.7 Å². The second-order valence-electron chi connectivity index (χ2n) is 7.09. The van der Waals surface area contributed by atoms with E-state index in [1.807, 2.05) is 6.92 Å². The van der Waals surface area contributed by atoms with Crippen LogP contribution in [-0.4, -0.2) is 53.0 Å². The van der Waals surface area contributed by atoms with Gasteiger partial charge in [0, 0.05) is 5.56 Å². The molecule has 0 N–H and O–H groups in total. The molecule has 5 nitrogen and oxygen atoms in total. The molecule has 2 aliphatic heterocycles. The summed E-state index contributed by atoms with van der Waals surface area (Å²) in [5.74, 6) is 1.85. The van der Waals surface area contributed by atoms with E-state index in [4.69, 9.17) is 14.8 Å². The first-order valence-electron chi connectivity index (χ1n) is 9.20. The number of rotatable bonds is 3. The number of ether oxygens (including phenoxy) is 1. The fourth-order valence-electron chi connectivity index (χ4n) is 3.74. The van der Waals surface area contributed by atoms with Gasteiger partial charge >= 0.3 is 0 Å². The van der Waals surface area contributed by atoms with Crippen molar-refractivity contribution < 1.29 is 4.74 Å². The van der Waals surface area contributed by atoms with E-state index in [1.165, 1.54) is 11.1 Å². The molecule has 0 unspecified atom stereocenters. The maximum atomic E-state index is 5.41. The number of aryl methyl sites for hydroxylation is 1. The lowest BCUT2D eigenvalue weighted by Gasteiger charge is -2.29. The zero-order valence-electron chi connectivity index (χ0n) is 15.1. The third-order valence-electron chi connectivity index (χ3n) is 5.25. The minimum atomic E-state index is 0.449. The number of hydrogen-bond acceptors (Lipinski definition) is 4. The number of likely N-dealkylation sites (tertiary alicyclic amines) is 1. The zero-order chi connectivity index (χ0) is 17.2. The van der Waals surface area contributed by atoms with Gasteiger partial charge in [-0.1, -0.05) is 30.3 Å². The largest absolute Gasteiger partial charge is 0.377 e. The summed E-state index contributed by atoms with van der Waals surface area (Å²) in [5, 5.41) is 4.71. The molecule has 3 heterocycles. The maximum absolute atomic E-state index is 5.41. The lowest BCUT2D eigenvalue weighted by Crippen LogP contribution is -2.32. The molecule has 132 valence electrons. The molecular weight excluding hydrogens is 312 g/mol. The molecule has 2 aromatic rings. The molecule has 0 radical (unpaired) electrons. The van der Waals surface area contributed by atoms with Crippen LogP contribution in [0.2, 0.25) is 0 Å². The topological polar surface area (TPSA) is 43.2 Å². The van der Waals surface area contributed by atoms with Crippen LogP contribution in [0.4, 0.5) is 0 Å². The van der Waals surface area contributed by atoms with E-state index in [0.29, 0.717) is 6.04 Å². The molecule has 0 spiro atoms. The van der Waals surface area contributed by atoms with E-state index in [0.717, 1.165) is 62.8 Å². The predicted molar refractivity (Wildman–Crippen MR) is 99.4 cm³/mol. The molecule has 1 aromatic carbocycles. The van der Waals surface area contributed by atoms with Crippen molar-refractivity contribution >= 4 is 5.57 Å². The van der Waals surface area contributed by atoms with E-state index in [-0.39, 0.29) is 0 Å². The van der Waals surface area contributed by atoms with Crippen LogP contribution in [0.25, 0.3) is 17.0 Å². The number of hydrogen-bond donors (Lipinski definition) is 0. The van der Waals surface area contributed by atoms with Gasteiger partial charge in [-0.05, 0) is 57.5 Å². The molecule has 5 heteroatoms. The lowest BCUT2D eigenvalue weighted by atomic mass is 10.00. The van der Waals surface area contributed by atoms with Gasteiger partial charge in [0.2, 0.25) is 0 Å². The Kier molecular flexibility index (Phi) is 4.68. The van der Waals surface area contributed by atoms with Gasteiger partial charge in [0.15, 0.2) is 5.82 Å². The number of benzene rings is 1. The Hall–Kier alpha value is -1.98. The van der Waals surface area contributed by atoms with Gasteiger partial charge in [-0.15, -0.1) is 0 Å². The Bertz CT molecular complexity index is 755. The fraction of sp³-hybridized carbons (Fsp3) is 0.500. The van der Waals surface area contributed by atoms with Gasteiger partial charge in [0.05, 0.1) is 19.3 Å². The number of aromatic nitrogens is 3. The first kappa shape index (κ1) is 16.5. The Labute approximate surface area is 149 Å². The van der Waals surface area contributed by atoms with Gasteiger partial charge in [-0.25, -0.2) is 9.67 Å². The van der Waals surface area contributed by atoms with Gasteiger partial charge in [-0.2, -0.15) is 5.10 Å². The van der Waals surface area contributed by atoms with Crippen LogP contribution >= 0.6 is 0 Å². The van der Waals surface area contributed by atoms with Crippen LogP contribution < -0.4 is 0 Å². The smallest absolute Gasteiger partial charge is 0.158 e. The van der Waals surface area contributed by atoms with Crippen molar-refractivity contribution in [2.45, 2.75) is 32.2 Å². The highest BCUT2D eigenvalue weighted by molar-refractivity contribution is 5.69. The van der Waals surface area contributed by atoms with Crippen LogP contribution in [0.5, 0.6) is 0 Å². The van der Waals surface area contributed by atoms with Crippen LogP contribution in [0.3, 0.4) is 0 Å². The Balaban J connectivity index is 1.60. The van der Waals surface area contributed by atoms with Crippen LogP contribution in [-0.2, 0) is 4.74 Å². The minimum absolute atomic E-state index is 0.449. The summed E-state index contributed by atoms with van der Waals surface area (Å²) in [6.45, 7) is 5.77. The van der Waals surface area contributed by atoms with Crippen LogP contribution in [0.15, 0.2) is 30.3 Å². The molecule has 1 saturated heterocycles. The third-order valence-corrected chi connectivity index (χ3v) is 5.25. The molecule has 0 saturated carbocycles. The van der Waals surface area contributed by atoms with E-state index in [2.05, 4.69) is 47.0 Å².